The lowest BCUT2D eigenvalue weighted by atomic mass is 9.83. The number of carbonyl (C=O) groups excluding carboxylic acids is 1. The molecule has 0 aliphatic carbocycles. The van der Waals surface area contributed by atoms with Gasteiger partial charge >= 0.3 is 6.18 Å². The maximum Gasteiger partial charge on any atom is 0.435 e. The van der Waals surface area contributed by atoms with Crippen LogP contribution in [-0.4, -0.2) is 27.1 Å². The highest BCUT2D eigenvalue weighted by Crippen LogP contribution is 2.44. The van der Waals surface area contributed by atoms with Crippen molar-refractivity contribution in [1.29, 1.82) is 5.26 Å². The lowest BCUT2D eigenvalue weighted by Gasteiger charge is -2.34. The number of nitriles is 1. The number of hydrogen-bond acceptors (Lipinski definition) is 4. The van der Waals surface area contributed by atoms with Crippen LogP contribution in [-0.2, 0) is 24.1 Å². The van der Waals surface area contributed by atoms with Gasteiger partial charge in [-0.25, -0.2) is 0 Å². The third-order valence-electron chi connectivity index (χ3n) is 6.71. The lowest BCUT2D eigenvalue weighted by Crippen LogP contribution is -2.38. The van der Waals surface area contributed by atoms with Gasteiger partial charge in [-0.3, -0.25) is 9.48 Å². The zero-order valence-corrected chi connectivity index (χ0v) is 21.3. The molecule has 0 bridgehead atoms. The summed E-state index contributed by atoms with van der Waals surface area (Å²) in [6.45, 7) is 6.57. The smallest absolute Gasteiger partial charge is 0.333 e. The van der Waals surface area contributed by atoms with Gasteiger partial charge in [-0.1, -0.05) is 61.2 Å². The van der Waals surface area contributed by atoms with Crippen LogP contribution < -0.4 is 0 Å². The summed E-state index contributed by atoms with van der Waals surface area (Å²) >= 11 is 1.30. The van der Waals surface area contributed by atoms with Gasteiger partial charge in [0.1, 0.15) is 10.9 Å². The van der Waals surface area contributed by atoms with Crippen molar-refractivity contribution >= 4 is 22.8 Å². The van der Waals surface area contributed by atoms with E-state index in [1.165, 1.54) is 22.2 Å². The van der Waals surface area contributed by atoms with Crippen molar-refractivity contribution in [1.82, 2.24) is 14.7 Å². The molecule has 0 spiro atoms. The number of aromatic nitrogens is 2. The number of amides is 1. The first-order chi connectivity index (χ1) is 18.2. The molecule has 0 unspecified atom stereocenters. The second-order valence-corrected chi connectivity index (χ2v) is 10.2. The van der Waals surface area contributed by atoms with Crippen molar-refractivity contribution in [3.05, 3.63) is 106 Å². The van der Waals surface area contributed by atoms with Gasteiger partial charge < -0.3 is 4.90 Å². The first-order valence-corrected chi connectivity index (χ1v) is 12.8. The van der Waals surface area contributed by atoms with E-state index in [1.807, 2.05) is 30.3 Å². The molecule has 38 heavy (non-hydrogen) atoms. The second kappa shape index (κ2) is 9.95. The minimum Gasteiger partial charge on any atom is -0.333 e. The molecular weight excluding hydrogens is 509 g/mol. The molecule has 0 N–H and O–H groups in total. The molecule has 1 amide bonds. The zero-order valence-electron chi connectivity index (χ0n) is 20.5. The standard InChI is InChI=1S/C29H23F3N4OS/c1-3-36-16-25(27(34-36)29(30,31)32)22-12-8-7-11-21(22)24-15-35(17-26-23(24)13-20(14-33)38-26)28(37)18(2)19-9-5-4-6-10-19/h4-13,16,24H,2-3,15,17H2,1H3/t24-/m0/s1. The number of thiophene rings is 1. The van der Waals surface area contributed by atoms with E-state index in [0.717, 1.165) is 10.4 Å². The van der Waals surface area contributed by atoms with Crippen molar-refractivity contribution in [3.63, 3.8) is 0 Å². The number of benzene rings is 2. The van der Waals surface area contributed by atoms with Gasteiger partial charge in [0, 0.05) is 41.2 Å². The van der Waals surface area contributed by atoms with Crippen molar-refractivity contribution < 1.29 is 18.0 Å². The third-order valence-corrected chi connectivity index (χ3v) is 7.75. The van der Waals surface area contributed by atoms with Crippen LogP contribution in [0.3, 0.4) is 0 Å². The van der Waals surface area contributed by atoms with E-state index in [2.05, 4.69) is 17.7 Å². The summed E-state index contributed by atoms with van der Waals surface area (Å²) in [4.78, 5) is 16.5. The third kappa shape index (κ3) is 4.63. The second-order valence-electron chi connectivity index (χ2n) is 9.02. The van der Waals surface area contributed by atoms with Crippen LogP contribution in [0.2, 0.25) is 0 Å². The highest BCUT2D eigenvalue weighted by molar-refractivity contribution is 7.12. The number of nitrogens with zero attached hydrogens (tertiary/aromatic N) is 4. The maximum absolute atomic E-state index is 14.0. The van der Waals surface area contributed by atoms with Crippen molar-refractivity contribution in [2.45, 2.75) is 32.1 Å². The van der Waals surface area contributed by atoms with E-state index in [9.17, 15) is 23.2 Å². The average Bonchev–Trinajstić information content (AvgIpc) is 3.56. The van der Waals surface area contributed by atoms with Gasteiger partial charge in [-0.2, -0.15) is 23.5 Å². The molecule has 3 heterocycles. The number of hydrogen-bond donors (Lipinski definition) is 0. The first kappa shape index (κ1) is 25.5. The number of fused-ring (bicyclic) bond motifs is 1. The Morgan fingerprint density at radius 3 is 2.53 bits per heavy atom. The fraction of sp³-hybridized carbons (Fsp3) is 0.207. The van der Waals surface area contributed by atoms with Crippen molar-refractivity contribution in [2.24, 2.45) is 0 Å². The summed E-state index contributed by atoms with van der Waals surface area (Å²) in [6.07, 6.45) is -3.22. The summed E-state index contributed by atoms with van der Waals surface area (Å²) in [5, 5.41) is 13.4. The molecule has 2 aromatic carbocycles. The Hall–Kier alpha value is -4.16. The predicted octanol–water partition coefficient (Wildman–Crippen LogP) is 6.71. The Labute approximate surface area is 222 Å². The summed E-state index contributed by atoms with van der Waals surface area (Å²) in [6, 6.07) is 20.0. The molecule has 1 aliphatic rings. The van der Waals surface area contributed by atoms with Crippen LogP contribution >= 0.6 is 11.3 Å². The summed E-state index contributed by atoms with van der Waals surface area (Å²) in [7, 11) is 0. The number of halogens is 3. The van der Waals surface area contributed by atoms with Gasteiger partial charge in [-0.15, -0.1) is 11.3 Å². The van der Waals surface area contributed by atoms with Crippen LogP contribution in [0, 0.1) is 11.3 Å². The SMILES string of the molecule is C=C(C(=O)N1Cc2sc(C#N)cc2[C@H](c2ccccc2-c2cn(CC)nc2C(F)(F)F)C1)c1ccccc1. The Morgan fingerprint density at radius 1 is 1.13 bits per heavy atom. The van der Waals surface area contributed by atoms with E-state index in [0.29, 0.717) is 40.2 Å². The van der Waals surface area contributed by atoms with E-state index < -0.39 is 17.8 Å². The van der Waals surface area contributed by atoms with E-state index in [-0.39, 0.29) is 18.0 Å². The normalized spacial score (nSPS) is 15.1. The topological polar surface area (TPSA) is 61.9 Å². The number of aryl methyl sites for hydroxylation is 1. The molecule has 9 heteroatoms. The quantitative estimate of drug-likeness (QED) is 0.269. The number of rotatable bonds is 5. The highest BCUT2D eigenvalue weighted by Gasteiger charge is 2.39. The predicted molar refractivity (Wildman–Crippen MR) is 140 cm³/mol. The molecule has 0 radical (unpaired) electrons. The fourth-order valence-corrected chi connectivity index (χ4v) is 5.92. The first-order valence-electron chi connectivity index (χ1n) is 12.0. The molecule has 1 atom stereocenters. The molecule has 5 nitrogen and oxygen atoms in total. The highest BCUT2D eigenvalue weighted by atomic mass is 32.1. The average molecular weight is 533 g/mol. The molecule has 1 aliphatic heterocycles. The molecule has 0 saturated carbocycles. The van der Waals surface area contributed by atoms with Crippen LogP contribution in [0.15, 0.2) is 73.4 Å². The van der Waals surface area contributed by atoms with Crippen molar-refractivity contribution in [2.75, 3.05) is 6.54 Å². The Balaban J connectivity index is 1.61. The molecule has 5 rings (SSSR count). The van der Waals surface area contributed by atoms with Crippen LogP contribution in [0.4, 0.5) is 13.2 Å². The van der Waals surface area contributed by atoms with Gasteiger partial charge in [0.05, 0.1) is 6.54 Å². The Kier molecular flexibility index (Phi) is 6.67. The Bertz CT molecular complexity index is 1560. The van der Waals surface area contributed by atoms with Crippen LogP contribution in [0.25, 0.3) is 16.7 Å². The van der Waals surface area contributed by atoms with E-state index in [1.54, 1.807) is 42.2 Å². The maximum atomic E-state index is 14.0. The van der Waals surface area contributed by atoms with Gasteiger partial charge in [-0.05, 0) is 35.2 Å². The van der Waals surface area contributed by atoms with Gasteiger partial charge in [0.2, 0.25) is 0 Å². The van der Waals surface area contributed by atoms with Gasteiger partial charge in [0.25, 0.3) is 5.91 Å². The lowest BCUT2D eigenvalue weighted by molar-refractivity contribution is -0.141. The summed E-state index contributed by atoms with van der Waals surface area (Å²) in [5.41, 5.74) is 1.97. The molecule has 0 fully saturated rings. The monoisotopic (exact) mass is 532 g/mol. The minimum atomic E-state index is -4.63. The van der Waals surface area contributed by atoms with Crippen LogP contribution in [0.1, 0.15) is 45.0 Å². The number of alkyl halides is 3. The largest absolute Gasteiger partial charge is 0.435 e. The summed E-state index contributed by atoms with van der Waals surface area (Å²) < 4.78 is 43.2. The minimum absolute atomic E-state index is 0.00983. The number of carbonyl (C=O) groups is 1. The molecule has 2 aromatic heterocycles. The van der Waals surface area contributed by atoms with Crippen molar-refractivity contribution in [3.8, 4) is 17.2 Å². The Morgan fingerprint density at radius 2 is 1.84 bits per heavy atom. The molecule has 0 saturated heterocycles. The zero-order chi connectivity index (χ0) is 27.0. The molecular formula is C29H23F3N4OS. The molecule has 4 aromatic rings. The fourth-order valence-electron chi connectivity index (χ4n) is 4.88. The van der Waals surface area contributed by atoms with Crippen LogP contribution in [0.5, 0.6) is 0 Å². The molecule has 192 valence electrons. The van der Waals surface area contributed by atoms with E-state index >= 15 is 0 Å². The summed E-state index contributed by atoms with van der Waals surface area (Å²) in [5.74, 6) is -0.696. The van der Waals surface area contributed by atoms with Gasteiger partial charge in [0.15, 0.2) is 5.69 Å². The van der Waals surface area contributed by atoms with E-state index in [4.69, 9.17) is 0 Å².